The average Bonchev–Trinajstić information content (AvgIpc) is 3.14. The number of piperidine rings is 1. The summed E-state index contributed by atoms with van der Waals surface area (Å²) < 4.78 is 5.95. The van der Waals surface area contributed by atoms with Crippen LogP contribution in [0.3, 0.4) is 0 Å². The third-order valence-electron chi connectivity index (χ3n) is 5.86. The molecule has 0 unspecified atom stereocenters. The number of benzene rings is 1. The number of likely N-dealkylation sites (tertiary alicyclic amines) is 1. The first kappa shape index (κ1) is 22.0. The zero-order valence-corrected chi connectivity index (χ0v) is 18.4. The molecule has 32 heavy (non-hydrogen) atoms. The van der Waals surface area contributed by atoms with Gasteiger partial charge in [-0.3, -0.25) is 19.7 Å². The van der Waals surface area contributed by atoms with Gasteiger partial charge in [0.1, 0.15) is 10.8 Å². The Bertz CT molecular complexity index is 1120. The summed E-state index contributed by atoms with van der Waals surface area (Å²) in [6.45, 7) is 3.30. The highest BCUT2D eigenvalue weighted by molar-refractivity contribution is 6.32. The number of carbonyl (C=O) groups is 2. The number of hydrogen-bond donors (Lipinski definition) is 1. The molecule has 168 valence electrons. The van der Waals surface area contributed by atoms with Crippen LogP contribution in [0.1, 0.15) is 69.9 Å². The second-order valence-corrected chi connectivity index (χ2v) is 8.39. The number of fused-ring (bicyclic) bond motifs is 1. The minimum absolute atomic E-state index is 0.0466. The molecule has 4 rings (SSSR count). The minimum Gasteiger partial charge on any atom is -0.455 e. The lowest BCUT2D eigenvalue weighted by atomic mass is 9.93. The van der Waals surface area contributed by atoms with Crippen LogP contribution in [-0.4, -0.2) is 40.4 Å². The van der Waals surface area contributed by atoms with Crippen molar-refractivity contribution in [3.63, 3.8) is 0 Å². The van der Waals surface area contributed by atoms with Gasteiger partial charge in [0.15, 0.2) is 5.76 Å². The smallest absolute Gasteiger partial charge is 0.289 e. The maximum absolute atomic E-state index is 13.0. The summed E-state index contributed by atoms with van der Waals surface area (Å²) in [5, 5.41) is 15.3. The number of aryl methyl sites for hydroxylation is 1. The molecule has 0 atom stereocenters. The van der Waals surface area contributed by atoms with Gasteiger partial charge >= 0.3 is 0 Å². The number of nitro benzene ring substituents is 1. The van der Waals surface area contributed by atoms with Crippen molar-refractivity contribution < 1.29 is 18.9 Å². The largest absolute Gasteiger partial charge is 0.455 e. The van der Waals surface area contributed by atoms with E-state index in [0.717, 1.165) is 56.0 Å². The number of carbonyl (C=O) groups excluding carboxylic acids is 2. The molecule has 1 aromatic carbocycles. The molecule has 1 fully saturated rings. The van der Waals surface area contributed by atoms with E-state index in [9.17, 15) is 19.7 Å². The van der Waals surface area contributed by atoms with Crippen LogP contribution in [0.5, 0.6) is 0 Å². The predicted octanol–water partition coefficient (Wildman–Crippen LogP) is 4.25. The van der Waals surface area contributed by atoms with E-state index >= 15 is 0 Å². The Morgan fingerprint density at radius 1 is 1.19 bits per heavy atom. The van der Waals surface area contributed by atoms with E-state index in [1.54, 1.807) is 0 Å². The van der Waals surface area contributed by atoms with Crippen molar-refractivity contribution in [3.05, 3.63) is 61.5 Å². The predicted molar refractivity (Wildman–Crippen MR) is 118 cm³/mol. The molecular weight excluding hydrogens is 436 g/mol. The third kappa shape index (κ3) is 4.25. The number of hydrazone groups is 1. The molecule has 1 N–H and O–H groups in total. The van der Waals surface area contributed by atoms with Gasteiger partial charge < -0.3 is 9.32 Å². The highest BCUT2D eigenvalue weighted by Gasteiger charge is 2.30. The number of nitrogens with zero attached hydrogens (tertiary/aromatic N) is 3. The topological polar surface area (TPSA) is 118 Å². The van der Waals surface area contributed by atoms with Crippen molar-refractivity contribution >= 4 is 34.8 Å². The fourth-order valence-electron chi connectivity index (χ4n) is 4.20. The van der Waals surface area contributed by atoms with E-state index in [4.69, 9.17) is 16.0 Å². The summed E-state index contributed by atoms with van der Waals surface area (Å²) in [4.78, 5) is 37.7. The fourth-order valence-corrected chi connectivity index (χ4v) is 4.39. The second kappa shape index (κ2) is 9.12. The quantitative estimate of drug-likeness (QED) is 0.542. The molecule has 10 heteroatoms. The molecule has 2 aromatic rings. The van der Waals surface area contributed by atoms with E-state index in [2.05, 4.69) is 10.5 Å². The lowest BCUT2D eigenvalue weighted by Gasteiger charge is -2.25. The van der Waals surface area contributed by atoms with Crippen LogP contribution >= 0.6 is 11.6 Å². The molecule has 2 aliphatic rings. The van der Waals surface area contributed by atoms with Gasteiger partial charge in [0.05, 0.1) is 10.6 Å². The number of nitro groups is 1. The Balaban J connectivity index is 1.57. The zero-order chi connectivity index (χ0) is 22.8. The normalized spacial score (nSPS) is 17.2. The van der Waals surface area contributed by atoms with Gasteiger partial charge in [-0.1, -0.05) is 11.6 Å². The number of nitrogens with one attached hydrogen (secondary N) is 1. The summed E-state index contributed by atoms with van der Waals surface area (Å²) >= 11 is 5.81. The summed E-state index contributed by atoms with van der Waals surface area (Å²) in [6, 6.07) is 3.82. The molecule has 1 saturated heterocycles. The number of furan rings is 1. The van der Waals surface area contributed by atoms with Crippen LogP contribution in [-0.2, 0) is 6.42 Å². The Kier molecular flexibility index (Phi) is 6.27. The second-order valence-electron chi connectivity index (χ2n) is 7.98. The van der Waals surface area contributed by atoms with E-state index in [-0.39, 0.29) is 22.2 Å². The van der Waals surface area contributed by atoms with Gasteiger partial charge in [0.25, 0.3) is 17.5 Å². The average molecular weight is 459 g/mol. The Morgan fingerprint density at radius 3 is 2.66 bits per heavy atom. The maximum atomic E-state index is 13.0. The summed E-state index contributed by atoms with van der Waals surface area (Å²) in [6.07, 6.45) is 5.20. The van der Waals surface area contributed by atoms with Crippen LogP contribution < -0.4 is 5.43 Å². The highest BCUT2D eigenvalue weighted by Crippen LogP contribution is 2.31. The van der Waals surface area contributed by atoms with Crippen molar-refractivity contribution in [2.75, 3.05) is 13.1 Å². The first-order chi connectivity index (χ1) is 15.4. The molecular formula is C22H23ClN4O5. The molecule has 2 heterocycles. The molecule has 2 amide bonds. The molecule has 0 radical (unpaired) electrons. The van der Waals surface area contributed by atoms with Crippen LogP contribution in [0.15, 0.2) is 27.7 Å². The number of hydrogen-bond acceptors (Lipinski definition) is 6. The van der Waals surface area contributed by atoms with Gasteiger partial charge in [-0.15, -0.1) is 0 Å². The monoisotopic (exact) mass is 458 g/mol. The highest BCUT2D eigenvalue weighted by atomic mass is 35.5. The minimum atomic E-state index is -0.645. The van der Waals surface area contributed by atoms with Gasteiger partial charge in [-0.25, -0.2) is 5.43 Å². The number of rotatable bonds is 4. The van der Waals surface area contributed by atoms with Crippen LogP contribution in [0, 0.1) is 17.0 Å². The van der Waals surface area contributed by atoms with Crippen molar-refractivity contribution in [3.8, 4) is 0 Å². The lowest BCUT2D eigenvalue weighted by molar-refractivity contribution is -0.384. The molecule has 1 aliphatic carbocycles. The molecule has 1 aromatic heterocycles. The van der Waals surface area contributed by atoms with Crippen LogP contribution in [0.4, 0.5) is 5.69 Å². The molecule has 0 spiro atoms. The first-order valence-electron chi connectivity index (χ1n) is 10.6. The Labute approximate surface area is 189 Å². The standard InChI is InChI=1S/C22H23ClN4O5/c1-13-19-16(24-25-21(28)14-8-9-15(23)17(12-14)27(30)31)6-5-7-18(19)32-20(13)22(29)26-10-3-2-4-11-26/h8-9,12H,2-7,10-11H2,1H3,(H,25,28)/b24-16+. The van der Waals surface area contributed by atoms with E-state index in [1.807, 2.05) is 11.8 Å². The SMILES string of the molecule is Cc1c(C(=O)N2CCCCC2)oc2c1/C(=N/NC(=O)c1ccc(Cl)c([N+](=O)[O-])c1)CCC2. The van der Waals surface area contributed by atoms with Crippen molar-refractivity contribution in [2.24, 2.45) is 5.10 Å². The van der Waals surface area contributed by atoms with E-state index in [0.29, 0.717) is 30.1 Å². The van der Waals surface area contributed by atoms with E-state index < -0.39 is 10.8 Å². The van der Waals surface area contributed by atoms with Gasteiger partial charge in [0.2, 0.25) is 0 Å². The van der Waals surface area contributed by atoms with Gasteiger partial charge in [-0.05, 0) is 51.2 Å². The zero-order valence-electron chi connectivity index (χ0n) is 17.6. The van der Waals surface area contributed by atoms with Gasteiger partial charge in [-0.2, -0.15) is 5.10 Å². The third-order valence-corrected chi connectivity index (χ3v) is 6.18. The number of halogens is 1. The summed E-state index contributed by atoms with van der Waals surface area (Å²) in [7, 11) is 0. The Hall–Kier alpha value is -3.20. The molecule has 0 saturated carbocycles. The van der Waals surface area contributed by atoms with E-state index in [1.165, 1.54) is 12.1 Å². The lowest BCUT2D eigenvalue weighted by Crippen LogP contribution is -2.35. The van der Waals surface area contributed by atoms with Gasteiger partial charge in [0, 0.05) is 42.3 Å². The number of amides is 2. The Morgan fingerprint density at radius 2 is 1.94 bits per heavy atom. The van der Waals surface area contributed by atoms with Crippen LogP contribution in [0.25, 0.3) is 0 Å². The molecule has 9 nitrogen and oxygen atoms in total. The fraction of sp³-hybridized carbons (Fsp3) is 0.409. The molecule has 1 aliphatic heterocycles. The first-order valence-corrected chi connectivity index (χ1v) is 11.0. The maximum Gasteiger partial charge on any atom is 0.289 e. The van der Waals surface area contributed by atoms with Crippen molar-refractivity contribution in [2.45, 2.75) is 45.4 Å². The van der Waals surface area contributed by atoms with Crippen molar-refractivity contribution in [1.82, 2.24) is 10.3 Å². The van der Waals surface area contributed by atoms with Crippen LogP contribution in [0.2, 0.25) is 5.02 Å². The summed E-state index contributed by atoms with van der Waals surface area (Å²) in [5.74, 6) is 0.346. The molecule has 0 bridgehead atoms. The summed E-state index contributed by atoms with van der Waals surface area (Å²) in [5.41, 5.74) is 4.31. The van der Waals surface area contributed by atoms with Crippen molar-refractivity contribution in [1.29, 1.82) is 0 Å².